The average molecular weight is 333 g/mol. The normalized spacial score (nSPS) is 14.9. The number of carbonyl (C=O) groups excluding carboxylic acids is 2. The van der Waals surface area contributed by atoms with Gasteiger partial charge >= 0.3 is 6.03 Å². The molecule has 0 atom stereocenters. The lowest BCUT2D eigenvalue weighted by Crippen LogP contribution is -2.54. The van der Waals surface area contributed by atoms with Crippen molar-refractivity contribution < 1.29 is 14.3 Å². The minimum Gasteiger partial charge on any atom is -0.491 e. The van der Waals surface area contributed by atoms with Crippen LogP contribution in [0.5, 0.6) is 5.75 Å². The summed E-state index contributed by atoms with van der Waals surface area (Å²) >= 11 is 0. The van der Waals surface area contributed by atoms with Gasteiger partial charge in [-0.05, 0) is 52.0 Å². The average Bonchev–Trinajstić information content (AvgIpc) is 2.54. The highest BCUT2D eigenvalue weighted by atomic mass is 16.5. The van der Waals surface area contributed by atoms with Crippen LogP contribution in [0.3, 0.4) is 0 Å². The highest BCUT2D eigenvalue weighted by molar-refractivity contribution is 5.94. The molecule has 6 nitrogen and oxygen atoms in total. The van der Waals surface area contributed by atoms with Crippen molar-refractivity contribution in [2.24, 2.45) is 0 Å². The summed E-state index contributed by atoms with van der Waals surface area (Å²) in [5.41, 5.74) is 0.645. The van der Waals surface area contributed by atoms with E-state index < -0.39 is 0 Å². The largest absolute Gasteiger partial charge is 0.491 e. The number of hydrogen-bond acceptors (Lipinski definition) is 3. The number of rotatable bonds is 4. The molecule has 1 fully saturated rings. The Kier molecular flexibility index (Phi) is 6.06. The van der Waals surface area contributed by atoms with Crippen LogP contribution in [0, 0.1) is 0 Å². The van der Waals surface area contributed by atoms with E-state index in [0.717, 1.165) is 5.75 Å². The first-order chi connectivity index (χ1) is 11.4. The number of amides is 3. The van der Waals surface area contributed by atoms with Crippen LogP contribution in [0.4, 0.5) is 4.79 Å². The Morgan fingerprint density at radius 1 is 0.958 bits per heavy atom. The summed E-state index contributed by atoms with van der Waals surface area (Å²) in [5.74, 6) is 0.756. The first kappa shape index (κ1) is 18.1. The van der Waals surface area contributed by atoms with Crippen molar-refractivity contribution in [3.05, 3.63) is 29.8 Å². The molecule has 0 bridgehead atoms. The summed E-state index contributed by atoms with van der Waals surface area (Å²) in [6, 6.07) is 7.27. The van der Waals surface area contributed by atoms with E-state index in [2.05, 4.69) is 5.32 Å². The van der Waals surface area contributed by atoms with Gasteiger partial charge in [-0.25, -0.2) is 4.79 Å². The van der Waals surface area contributed by atoms with Gasteiger partial charge in [-0.1, -0.05) is 0 Å². The molecule has 1 aliphatic rings. The Bertz CT molecular complexity index is 561. The molecule has 0 aromatic heterocycles. The zero-order valence-corrected chi connectivity index (χ0v) is 14.9. The zero-order valence-electron chi connectivity index (χ0n) is 14.9. The number of carbonyl (C=O) groups is 2. The van der Waals surface area contributed by atoms with Crippen molar-refractivity contribution >= 4 is 11.9 Å². The first-order valence-corrected chi connectivity index (χ1v) is 8.48. The minimum absolute atomic E-state index is 0.00462. The lowest BCUT2D eigenvalue weighted by molar-refractivity contribution is 0.0664. The van der Waals surface area contributed by atoms with Crippen LogP contribution in [0.1, 0.15) is 38.1 Å². The van der Waals surface area contributed by atoms with Crippen LogP contribution >= 0.6 is 0 Å². The molecule has 1 aliphatic heterocycles. The number of piperazine rings is 1. The summed E-state index contributed by atoms with van der Waals surface area (Å²) in [7, 11) is 0. The second-order valence-corrected chi connectivity index (χ2v) is 6.57. The second kappa shape index (κ2) is 8.04. The van der Waals surface area contributed by atoms with Gasteiger partial charge in [-0.2, -0.15) is 0 Å². The van der Waals surface area contributed by atoms with Gasteiger partial charge in [0.1, 0.15) is 5.75 Å². The van der Waals surface area contributed by atoms with E-state index in [0.29, 0.717) is 31.7 Å². The molecule has 0 aliphatic carbocycles. The maximum Gasteiger partial charge on any atom is 0.317 e. The van der Waals surface area contributed by atoms with E-state index in [4.69, 9.17) is 4.74 Å². The van der Waals surface area contributed by atoms with E-state index >= 15 is 0 Å². The van der Waals surface area contributed by atoms with Crippen molar-refractivity contribution in [2.75, 3.05) is 26.2 Å². The van der Waals surface area contributed by atoms with Gasteiger partial charge in [0.05, 0.1) is 6.10 Å². The lowest BCUT2D eigenvalue weighted by atomic mass is 10.1. The fourth-order valence-electron chi connectivity index (χ4n) is 2.58. The molecule has 0 spiro atoms. The van der Waals surface area contributed by atoms with Gasteiger partial charge in [0, 0.05) is 37.8 Å². The molecule has 132 valence electrons. The van der Waals surface area contributed by atoms with Crippen molar-refractivity contribution in [1.82, 2.24) is 15.1 Å². The molecular formula is C18H27N3O3. The number of benzene rings is 1. The smallest absolute Gasteiger partial charge is 0.317 e. The maximum atomic E-state index is 12.6. The molecule has 2 rings (SSSR count). The van der Waals surface area contributed by atoms with Crippen molar-refractivity contribution in [3.8, 4) is 5.75 Å². The van der Waals surface area contributed by atoms with Crippen molar-refractivity contribution in [1.29, 1.82) is 0 Å². The number of ether oxygens (including phenoxy) is 1. The Morgan fingerprint density at radius 3 is 2.00 bits per heavy atom. The van der Waals surface area contributed by atoms with Crippen LogP contribution in [-0.2, 0) is 0 Å². The summed E-state index contributed by atoms with van der Waals surface area (Å²) in [6.45, 7) is 10.0. The lowest BCUT2D eigenvalue weighted by Gasteiger charge is -2.35. The molecule has 24 heavy (non-hydrogen) atoms. The molecule has 3 amide bonds. The molecule has 1 aromatic carbocycles. The first-order valence-electron chi connectivity index (χ1n) is 8.48. The highest BCUT2D eigenvalue weighted by Crippen LogP contribution is 2.16. The van der Waals surface area contributed by atoms with E-state index in [1.54, 1.807) is 21.9 Å². The Labute approximate surface area is 143 Å². The maximum absolute atomic E-state index is 12.6. The third-order valence-corrected chi connectivity index (χ3v) is 3.74. The van der Waals surface area contributed by atoms with Crippen LogP contribution in [0.2, 0.25) is 0 Å². The summed E-state index contributed by atoms with van der Waals surface area (Å²) in [5, 5.41) is 2.88. The molecule has 6 heteroatoms. The third kappa shape index (κ3) is 4.88. The molecule has 1 N–H and O–H groups in total. The van der Waals surface area contributed by atoms with E-state index in [-0.39, 0.29) is 24.1 Å². The van der Waals surface area contributed by atoms with Crippen LogP contribution in [0.25, 0.3) is 0 Å². The Balaban J connectivity index is 1.89. The summed E-state index contributed by atoms with van der Waals surface area (Å²) in [6.07, 6.45) is 0.108. The second-order valence-electron chi connectivity index (χ2n) is 6.57. The third-order valence-electron chi connectivity index (χ3n) is 3.74. The van der Waals surface area contributed by atoms with E-state index in [9.17, 15) is 9.59 Å². The van der Waals surface area contributed by atoms with Gasteiger partial charge in [-0.3, -0.25) is 4.79 Å². The summed E-state index contributed by atoms with van der Waals surface area (Å²) < 4.78 is 5.59. The summed E-state index contributed by atoms with van der Waals surface area (Å²) in [4.78, 5) is 28.1. The van der Waals surface area contributed by atoms with Crippen LogP contribution in [0.15, 0.2) is 24.3 Å². The standard InChI is InChI=1S/C18H27N3O3/c1-13(2)19-18(23)21-11-9-20(10-12-21)17(22)15-5-7-16(8-6-15)24-14(3)4/h5-8,13-14H,9-12H2,1-4H3,(H,19,23). The topological polar surface area (TPSA) is 61.9 Å². The zero-order chi connectivity index (χ0) is 17.7. The van der Waals surface area contributed by atoms with Crippen LogP contribution < -0.4 is 10.1 Å². The fraction of sp³-hybridized carbons (Fsp3) is 0.556. The quantitative estimate of drug-likeness (QED) is 0.920. The van der Waals surface area contributed by atoms with E-state index in [1.165, 1.54) is 0 Å². The van der Waals surface area contributed by atoms with Gasteiger partial charge < -0.3 is 19.9 Å². The molecule has 0 unspecified atom stereocenters. The van der Waals surface area contributed by atoms with Crippen molar-refractivity contribution in [2.45, 2.75) is 39.8 Å². The SMILES string of the molecule is CC(C)NC(=O)N1CCN(C(=O)c2ccc(OC(C)C)cc2)CC1. The van der Waals surface area contributed by atoms with Crippen LogP contribution in [-0.4, -0.2) is 60.1 Å². The molecule has 0 radical (unpaired) electrons. The van der Waals surface area contributed by atoms with Gasteiger partial charge in [0.25, 0.3) is 5.91 Å². The number of urea groups is 1. The molecule has 0 saturated carbocycles. The predicted octanol–water partition coefficient (Wildman–Crippen LogP) is 2.35. The van der Waals surface area contributed by atoms with E-state index in [1.807, 2.05) is 39.8 Å². The Morgan fingerprint density at radius 2 is 1.50 bits per heavy atom. The number of nitrogens with zero attached hydrogens (tertiary/aromatic N) is 2. The van der Waals surface area contributed by atoms with Gasteiger partial charge in [0.15, 0.2) is 0 Å². The monoisotopic (exact) mass is 333 g/mol. The van der Waals surface area contributed by atoms with Gasteiger partial charge in [-0.15, -0.1) is 0 Å². The highest BCUT2D eigenvalue weighted by Gasteiger charge is 2.25. The number of nitrogens with one attached hydrogen (secondary N) is 1. The van der Waals surface area contributed by atoms with Crippen molar-refractivity contribution in [3.63, 3.8) is 0 Å². The Hall–Kier alpha value is -2.24. The number of hydrogen-bond donors (Lipinski definition) is 1. The fourth-order valence-corrected chi connectivity index (χ4v) is 2.58. The van der Waals surface area contributed by atoms with Gasteiger partial charge in [0.2, 0.25) is 0 Å². The molecule has 1 heterocycles. The molecule has 1 aromatic rings. The minimum atomic E-state index is -0.0627. The predicted molar refractivity (Wildman–Crippen MR) is 93.4 cm³/mol. The molecular weight excluding hydrogens is 306 g/mol. The molecule has 1 saturated heterocycles.